The fraction of sp³-hybridized carbons (Fsp3) is 0.235. The first kappa shape index (κ1) is 22.0. The van der Waals surface area contributed by atoms with Gasteiger partial charge in [-0.3, -0.25) is 0 Å². The largest absolute Gasteiger partial charge is 0.334 e. The Kier molecular flexibility index (Phi) is 4.98. The topological polar surface area (TPSA) is 3.24 Å². The van der Waals surface area contributed by atoms with Crippen molar-refractivity contribution in [2.45, 2.75) is 42.9 Å². The van der Waals surface area contributed by atoms with Crippen molar-refractivity contribution in [2.24, 2.45) is 0 Å². The van der Waals surface area contributed by atoms with Crippen LogP contribution in [0.1, 0.15) is 38.2 Å². The van der Waals surface area contributed by atoms with Crippen LogP contribution in [0.5, 0.6) is 0 Å². The van der Waals surface area contributed by atoms with E-state index in [1.165, 1.54) is 75.3 Å². The van der Waals surface area contributed by atoms with E-state index >= 15 is 0 Å². The second kappa shape index (κ2) is 8.15. The van der Waals surface area contributed by atoms with Gasteiger partial charge < -0.3 is 4.90 Å². The maximum atomic E-state index is 2.67. The van der Waals surface area contributed by atoms with Gasteiger partial charge in [0.1, 0.15) is 0 Å². The Morgan fingerprint density at radius 1 is 0.694 bits per heavy atom. The highest BCUT2D eigenvalue weighted by Crippen LogP contribution is 2.65. The molecule has 2 atom stereocenters. The van der Waals surface area contributed by atoms with Gasteiger partial charge in [-0.25, -0.2) is 0 Å². The van der Waals surface area contributed by atoms with E-state index in [0.717, 1.165) is 0 Å². The molecule has 1 nitrogen and oxygen atoms in total. The Bertz CT molecular complexity index is 1550. The number of nitrogens with zero attached hydrogens (tertiary/aromatic N) is 1. The van der Waals surface area contributed by atoms with E-state index in [1.54, 1.807) is 0 Å². The van der Waals surface area contributed by atoms with Crippen molar-refractivity contribution in [3.05, 3.63) is 109 Å². The molecule has 5 aromatic carbocycles. The average molecular weight is 486 g/mol. The summed E-state index contributed by atoms with van der Waals surface area (Å²) >= 11 is 2.07. The van der Waals surface area contributed by atoms with Crippen LogP contribution in [0.25, 0.3) is 32.7 Å². The fourth-order valence-electron chi connectivity index (χ4n) is 7.27. The molecule has 0 radical (unpaired) electrons. The number of hydrogen-bond donors (Lipinski definition) is 0. The summed E-state index contributed by atoms with van der Waals surface area (Å²) in [7, 11) is 0. The lowest BCUT2D eigenvalue weighted by Crippen LogP contribution is -2.54. The monoisotopic (exact) mass is 485 g/mol. The lowest BCUT2D eigenvalue weighted by atomic mass is 9.71. The Morgan fingerprint density at radius 2 is 1.33 bits per heavy atom. The van der Waals surface area contributed by atoms with Crippen molar-refractivity contribution in [1.82, 2.24) is 0 Å². The highest BCUT2D eigenvalue weighted by Gasteiger charge is 2.60. The molecule has 36 heavy (non-hydrogen) atoms. The minimum absolute atomic E-state index is 0.0494. The second-order valence-electron chi connectivity index (χ2n) is 10.6. The molecule has 2 heteroatoms. The van der Waals surface area contributed by atoms with E-state index in [0.29, 0.717) is 0 Å². The van der Waals surface area contributed by atoms with Gasteiger partial charge in [0.25, 0.3) is 0 Å². The Hall–Kier alpha value is -3.23. The molecule has 2 unspecified atom stereocenters. The molecular formula is C34H31NS. The molecule has 1 saturated carbocycles. The molecule has 1 heterocycles. The van der Waals surface area contributed by atoms with Crippen LogP contribution in [-0.2, 0) is 4.75 Å². The third-order valence-electron chi connectivity index (χ3n) is 8.90. The van der Waals surface area contributed by atoms with Gasteiger partial charge in [-0.1, -0.05) is 85.6 Å². The predicted molar refractivity (Wildman–Crippen MR) is 158 cm³/mol. The summed E-state index contributed by atoms with van der Waals surface area (Å²) in [4.78, 5) is 2.67. The Morgan fingerprint density at radius 3 is 2.03 bits per heavy atom. The fourth-order valence-corrected chi connectivity index (χ4v) is 8.63. The van der Waals surface area contributed by atoms with Crippen molar-refractivity contribution in [3.8, 4) is 11.1 Å². The maximum absolute atomic E-state index is 2.67. The quantitative estimate of drug-likeness (QED) is 0.234. The summed E-state index contributed by atoms with van der Waals surface area (Å²) in [5.41, 5.74) is 6.94. The number of anilines is 2. The summed E-state index contributed by atoms with van der Waals surface area (Å²) in [5, 5.41) is 5.27. The van der Waals surface area contributed by atoms with Gasteiger partial charge in [0.2, 0.25) is 0 Å². The maximum Gasteiger partial charge on any atom is 0.0658 e. The standard InChI is InChI=1S/C34H31NS/c1-33-20-10-11-21-34(33,36-2)30-23-26(18-19-31(30)35(33)27-14-4-3-5-15-27)32-28-16-8-6-12-24(28)22-25-13-7-9-17-29(25)32/h3-9,12-19,22-23H,10-11,20-21H2,1-2H3. The lowest BCUT2D eigenvalue weighted by molar-refractivity contribution is 0.262. The van der Waals surface area contributed by atoms with E-state index < -0.39 is 0 Å². The van der Waals surface area contributed by atoms with Gasteiger partial charge in [0, 0.05) is 11.4 Å². The third-order valence-corrected chi connectivity index (χ3v) is 10.5. The molecule has 0 bridgehead atoms. The number of rotatable bonds is 3. The first-order valence-electron chi connectivity index (χ1n) is 13.1. The normalized spacial score (nSPS) is 23.1. The van der Waals surface area contributed by atoms with E-state index in [-0.39, 0.29) is 10.3 Å². The van der Waals surface area contributed by atoms with Crippen LogP contribution < -0.4 is 4.90 Å². The summed E-state index contributed by atoms with van der Waals surface area (Å²) < 4.78 is 0.0762. The van der Waals surface area contributed by atoms with Crippen LogP contribution in [0.4, 0.5) is 11.4 Å². The molecule has 1 fully saturated rings. The highest BCUT2D eigenvalue weighted by atomic mass is 32.2. The van der Waals surface area contributed by atoms with Crippen molar-refractivity contribution in [2.75, 3.05) is 11.2 Å². The zero-order chi connectivity index (χ0) is 24.3. The first-order chi connectivity index (χ1) is 17.7. The SMILES string of the molecule is CSC12CCCCC1(C)N(c1ccccc1)c1ccc(-c3c4ccccc4cc4ccccc34)cc12. The minimum atomic E-state index is 0.0494. The Labute approximate surface area is 218 Å². The molecule has 0 N–H and O–H groups in total. The molecule has 0 amide bonds. The van der Waals surface area contributed by atoms with Gasteiger partial charge in [0.15, 0.2) is 0 Å². The number of hydrogen-bond acceptors (Lipinski definition) is 2. The molecule has 0 spiro atoms. The molecule has 7 rings (SSSR count). The number of benzene rings is 5. The molecule has 178 valence electrons. The van der Waals surface area contributed by atoms with Crippen molar-refractivity contribution in [1.29, 1.82) is 0 Å². The van der Waals surface area contributed by atoms with E-state index in [1.807, 2.05) is 0 Å². The van der Waals surface area contributed by atoms with Crippen molar-refractivity contribution in [3.63, 3.8) is 0 Å². The molecular weight excluding hydrogens is 454 g/mol. The highest BCUT2D eigenvalue weighted by molar-refractivity contribution is 7.99. The van der Waals surface area contributed by atoms with Crippen LogP contribution in [0.2, 0.25) is 0 Å². The number of para-hydroxylation sites is 1. The lowest BCUT2D eigenvalue weighted by Gasteiger charge is -2.51. The van der Waals surface area contributed by atoms with Crippen molar-refractivity contribution >= 4 is 44.7 Å². The third kappa shape index (κ3) is 2.91. The van der Waals surface area contributed by atoms with Crippen molar-refractivity contribution < 1.29 is 0 Å². The molecule has 5 aromatic rings. The summed E-state index contributed by atoms with van der Waals surface area (Å²) in [6, 6.07) is 38.4. The second-order valence-corrected chi connectivity index (χ2v) is 11.7. The number of fused-ring (bicyclic) bond motifs is 5. The van der Waals surface area contributed by atoms with E-state index in [9.17, 15) is 0 Å². The smallest absolute Gasteiger partial charge is 0.0658 e. The van der Waals surface area contributed by atoms with Crippen LogP contribution in [0.15, 0.2) is 103 Å². The van der Waals surface area contributed by atoms with Gasteiger partial charge in [-0.15, -0.1) is 0 Å². The summed E-state index contributed by atoms with van der Waals surface area (Å²) in [6.07, 6.45) is 7.35. The zero-order valence-corrected chi connectivity index (χ0v) is 21.8. The van der Waals surface area contributed by atoms with Crippen LogP contribution in [0, 0.1) is 0 Å². The molecule has 0 aromatic heterocycles. The summed E-state index contributed by atoms with van der Waals surface area (Å²) in [5.74, 6) is 0. The minimum Gasteiger partial charge on any atom is -0.334 e. The van der Waals surface area contributed by atoms with Crippen LogP contribution in [0.3, 0.4) is 0 Å². The number of thioether (sulfide) groups is 1. The first-order valence-corrected chi connectivity index (χ1v) is 14.3. The van der Waals surface area contributed by atoms with Crippen LogP contribution >= 0.6 is 11.8 Å². The molecule has 0 saturated heterocycles. The predicted octanol–water partition coefficient (Wildman–Crippen LogP) is 9.70. The molecule has 1 aliphatic carbocycles. The van der Waals surface area contributed by atoms with E-state index in [4.69, 9.17) is 0 Å². The Balaban J connectivity index is 1.53. The van der Waals surface area contributed by atoms with Gasteiger partial charge in [-0.2, -0.15) is 11.8 Å². The van der Waals surface area contributed by atoms with E-state index in [2.05, 4.69) is 133 Å². The average Bonchev–Trinajstić information content (AvgIpc) is 3.16. The van der Waals surface area contributed by atoms with Gasteiger partial charge in [0.05, 0.1) is 10.3 Å². The van der Waals surface area contributed by atoms with Gasteiger partial charge in [-0.05, 0) is 94.6 Å². The molecule has 2 aliphatic rings. The summed E-state index contributed by atoms with van der Waals surface area (Å²) in [6.45, 7) is 2.52. The van der Waals surface area contributed by atoms with Crippen LogP contribution in [-0.4, -0.2) is 11.8 Å². The molecule has 1 aliphatic heterocycles. The zero-order valence-electron chi connectivity index (χ0n) is 21.0. The van der Waals surface area contributed by atoms with Gasteiger partial charge >= 0.3 is 0 Å².